The number of hydrogen-bond donors (Lipinski definition) is 1. The van der Waals surface area contributed by atoms with Crippen molar-refractivity contribution in [1.82, 2.24) is 5.32 Å². The topological polar surface area (TPSA) is 12.0 Å². The molecule has 16 heavy (non-hydrogen) atoms. The molecule has 0 aromatic heterocycles. The van der Waals surface area contributed by atoms with Gasteiger partial charge in [0.1, 0.15) is 0 Å². The minimum absolute atomic E-state index is 0.917. The van der Waals surface area contributed by atoms with Crippen molar-refractivity contribution in [3.63, 3.8) is 0 Å². The Kier molecular flexibility index (Phi) is 4.88. The molecule has 0 spiro atoms. The fraction of sp³-hybridized carbons (Fsp3) is 0.533. The Morgan fingerprint density at radius 3 is 2.56 bits per heavy atom. The molecule has 1 saturated carbocycles. The van der Waals surface area contributed by atoms with Crippen LogP contribution in [0.25, 0.3) is 0 Å². The first-order chi connectivity index (χ1) is 7.95. The van der Waals surface area contributed by atoms with Gasteiger partial charge < -0.3 is 5.32 Å². The van der Waals surface area contributed by atoms with Crippen molar-refractivity contribution >= 4 is 0 Å². The van der Waals surface area contributed by atoms with Gasteiger partial charge in [0.2, 0.25) is 0 Å². The molecule has 87 valence electrons. The van der Waals surface area contributed by atoms with Gasteiger partial charge in [-0.25, -0.2) is 0 Å². The van der Waals surface area contributed by atoms with Gasteiger partial charge in [0, 0.05) is 6.54 Å². The van der Waals surface area contributed by atoms with E-state index in [2.05, 4.69) is 42.2 Å². The Balaban J connectivity index is 1.58. The maximum Gasteiger partial charge on any atom is 0.0264 e. The summed E-state index contributed by atoms with van der Waals surface area (Å²) in [5.74, 6) is 0.917. The third-order valence-electron chi connectivity index (χ3n) is 3.46. The highest BCUT2D eigenvalue weighted by atomic mass is 14.9. The lowest BCUT2D eigenvalue weighted by atomic mass is 9.89. The van der Waals surface area contributed by atoms with Crippen LogP contribution in [0.5, 0.6) is 0 Å². The fourth-order valence-electron chi connectivity index (χ4n) is 2.45. The zero-order chi connectivity index (χ0) is 11.1. The quantitative estimate of drug-likeness (QED) is 0.742. The minimum Gasteiger partial charge on any atom is -0.312 e. The first-order valence-electron chi connectivity index (χ1n) is 6.54. The van der Waals surface area contributed by atoms with Crippen molar-refractivity contribution in [2.24, 2.45) is 5.92 Å². The van der Waals surface area contributed by atoms with E-state index in [0.717, 1.165) is 12.3 Å². The molecule has 0 aliphatic heterocycles. The van der Waals surface area contributed by atoms with Crippen LogP contribution < -0.4 is 5.32 Å². The Bertz CT molecular complexity index is 275. The van der Waals surface area contributed by atoms with E-state index < -0.39 is 0 Å². The molecule has 0 bridgehead atoms. The van der Waals surface area contributed by atoms with Gasteiger partial charge in [-0.15, -0.1) is 0 Å². The average molecular weight is 216 g/mol. The largest absolute Gasteiger partial charge is 0.312 e. The zero-order valence-electron chi connectivity index (χ0n) is 9.99. The summed E-state index contributed by atoms with van der Waals surface area (Å²) in [5.41, 5.74) is 1.39. The highest BCUT2D eigenvalue weighted by Crippen LogP contribution is 2.22. The second-order valence-electron chi connectivity index (χ2n) is 4.81. The summed E-state index contributed by atoms with van der Waals surface area (Å²) in [4.78, 5) is 0. The van der Waals surface area contributed by atoms with Crippen LogP contribution in [-0.4, -0.2) is 6.54 Å². The molecule has 1 nitrogen and oxygen atoms in total. The smallest absolute Gasteiger partial charge is 0.0264 e. The Labute approximate surface area is 99.3 Å². The maximum atomic E-state index is 3.48. The predicted molar refractivity (Wildman–Crippen MR) is 69.0 cm³/mol. The number of nitrogens with one attached hydrogen (secondary N) is 1. The van der Waals surface area contributed by atoms with Crippen LogP contribution in [0.3, 0.4) is 0 Å². The van der Waals surface area contributed by atoms with Crippen LogP contribution >= 0.6 is 0 Å². The lowest BCUT2D eigenvalue weighted by molar-refractivity contribution is 0.349. The maximum absolute atomic E-state index is 3.48. The number of benzene rings is 1. The summed E-state index contributed by atoms with van der Waals surface area (Å²) in [5, 5.41) is 3.48. The molecule has 1 aliphatic rings. The van der Waals surface area contributed by atoms with Crippen molar-refractivity contribution in [3.05, 3.63) is 42.4 Å². The molecule has 2 rings (SSSR count). The first kappa shape index (κ1) is 11.7. The second kappa shape index (κ2) is 6.70. The fourth-order valence-corrected chi connectivity index (χ4v) is 2.45. The Hall–Kier alpha value is -0.820. The monoisotopic (exact) mass is 216 g/mol. The van der Waals surface area contributed by atoms with Crippen LogP contribution in [0, 0.1) is 12.5 Å². The van der Waals surface area contributed by atoms with Gasteiger partial charge in [-0.3, -0.25) is 0 Å². The van der Waals surface area contributed by atoms with Gasteiger partial charge in [0.05, 0.1) is 0 Å². The Morgan fingerprint density at radius 2 is 1.81 bits per heavy atom. The minimum atomic E-state index is 0.917. The van der Waals surface area contributed by atoms with Gasteiger partial charge >= 0.3 is 0 Å². The summed E-state index contributed by atoms with van der Waals surface area (Å²) >= 11 is 0. The summed E-state index contributed by atoms with van der Waals surface area (Å²) in [7, 11) is 0. The molecule has 0 atom stereocenters. The van der Waals surface area contributed by atoms with E-state index in [-0.39, 0.29) is 0 Å². The van der Waals surface area contributed by atoms with E-state index in [1.54, 1.807) is 0 Å². The molecule has 1 aromatic rings. The normalized spacial score (nSPS) is 17.5. The second-order valence-corrected chi connectivity index (χ2v) is 4.81. The zero-order valence-corrected chi connectivity index (χ0v) is 9.99. The van der Waals surface area contributed by atoms with Crippen LogP contribution in [0.1, 0.15) is 37.7 Å². The third-order valence-corrected chi connectivity index (χ3v) is 3.46. The van der Waals surface area contributed by atoms with Crippen LogP contribution in [0.4, 0.5) is 0 Å². The number of hydrogen-bond acceptors (Lipinski definition) is 1. The van der Waals surface area contributed by atoms with E-state index >= 15 is 0 Å². The van der Waals surface area contributed by atoms with Crippen molar-refractivity contribution in [2.75, 3.05) is 6.54 Å². The third kappa shape index (κ3) is 3.97. The van der Waals surface area contributed by atoms with E-state index in [1.165, 1.54) is 44.2 Å². The molecule has 1 aliphatic carbocycles. The highest BCUT2D eigenvalue weighted by molar-refractivity contribution is 5.16. The van der Waals surface area contributed by atoms with E-state index in [1.807, 2.05) is 0 Å². The molecular weight excluding hydrogens is 194 g/mol. The predicted octanol–water partition coefficient (Wildman–Crippen LogP) is 3.56. The standard InChI is InChI=1S/C15H22N/c1-3-7-14(8-4-1)11-12-16-13-15-9-5-2-6-10-15/h1,3-4,7-8,12,15-16H,2,5-6,9-11,13H2. The SMILES string of the molecule is [CH](Cc1ccccc1)NCC1CCCCC1. The summed E-state index contributed by atoms with van der Waals surface area (Å²) in [6, 6.07) is 10.6. The van der Waals surface area contributed by atoms with Crippen LogP contribution in [-0.2, 0) is 6.42 Å². The van der Waals surface area contributed by atoms with Crippen molar-refractivity contribution in [3.8, 4) is 0 Å². The Morgan fingerprint density at radius 1 is 1.06 bits per heavy atom. The lowest BCUT2D eigenvalue weighted by Gasteiger charge is -2.21. The molecule has 1 heteroatoms. The van der Waals surface area contributed by atoms with Gasteiger partial charge in [0.15, 0.2) is 0 Å². The molecule has 1 aromatic carbocycles. The molecule has 1 radical (unpaired) electrons. The van der Waals surface area contributed by atoms with Gasteiger partial charge in [-0.05, 0) is 37.3 Å². The molecule has 1 fully saturated rings. The molecular formula is C15H22N. The summed E-state index contributed by atoms with van der Waals surface area (Å²) in [6.07, 6.45) is 8.20. The van der Waals surface area contributed by atoms with Crippen LogP contribution in [0.2, 0.25) is 0 Å². The molecule has 1 N–H and O–H groups in total. The molecule has 0 saturated heterocycles. The number of rotatable bonds is 5. The lowest BCUT2D eigenvalue weighted by Crippen LogP contribution is -2.23. The van der Waals surface area contributed by atoms with Crippen molar-refractivity contribution in [2.45, 2.75) is 38.5 Å². The highest BCUT2D eigenvalue weighted by Gasteiger charge is 2.12. The first-order valence-corrected chi connectivity index (χ1v) is 6.54. The van der Waals surface area contributed by atoms with Crippen molar-refractivity contribution < 1.29 is 0 Å². The summed E-state index contributed by atoms with van der Waals surface area (Å²) in [6.45, 7) is 3.39. The average Bonchev–Trinajstić information content (AvgIpc) is 2.37. The van der Waals surface area contributed by atoms with Crippen LogP contribution in [0.15, 0.2) is 30.3 Å². The summed E-state index contributed by atoms with van der Waals surface area (Å²) < 4.78 is 0. The van der Waals surface area contributed by atoms with E-state index in [4.69, 9.17) is 0 Å². The van der Waals surface area contributed by atoms with Crippen molar-refractivity contribution in [1.29, 1.82) is 0 Å². The van der Waals surface area contributed by atoms with Gasteiger partial charge in [-0.2, -0.15) is 0 Å². The molecule has 0 unspecified atom stereocenters. The molecule has 0 heterocycles. The molecule has 0 amide bonds. The van der Waals surface area contributed by atoms with E-state index in [9.17, 15) is 0 Å². The van der Waals surface area contributed by atoms with Gasteiger partial charge in [0.25, 0.3) is 0 Å². The van der Waals surface area contributed by atoms with Gasteiger partial charge in [-0.1, -0.05) is 49.6 Å². The van der Waals surface area contributed by atoms with E-state index in [0.29, 0.717) is 0 Å².